The van der Waals surface area contributed by atoms with Gasteiger partial charge in [0, 0.05) is 0 Å². The van der Waals surface area contributed by atoms with E-state index in [2.05, 4.69) is 13.5 Å². The van der Waals surface area contributed by atoms with Crippen LogP contribution in [0.3, 0.4) is 0 Å². The summed E-state index contributed by atoms with van der Waals surface area (Å²) in [4.78, 5) is 14.3. The van der Waals surface area contributed by atoms with Crippen molar-refractivity contribution in [3.8, 4) is 0 Å². The Labute approximate surface area is 381 Å². The normalized spacial score (nSPS) is 55.2. The lowest BCUT2D eigenvalue weighted by molar-refractivity contribution is -0.398. The number of hydrogen-bond donors (Lipinski definition) is 13. The number of esters is 1. The zero-order valence-electron chi connectivity index (χ0n) is 37.4. The van der Waals surface area contributed by atoms with Gasteiger partial charge in [0.15, 0.2) is 18.9 Å². The van der Waals surface area contributed by atoms with Crippen molar-refractivity contribution in [2.45, 2.75) is 207 Å². The summed E-state index contributed by atoms with van der Waals surface area (Å²) in [6.45, 7) is 7.77. The van der Waals surface area contributed by atoms with Crippen molar-refractivity contribution in [1.29, 1.82) is 0 Å². The molecule has 378 valence electrons. The fourth-order valence-corrected chi connectivity index (χ4v) is 13.4. The first-order valence-corrected chi connectivity index (χ1v) is 23.2. The van der Waals surface area contributed by atoms with Crippen molar-refractivity contribution in [2.75, 3.05) is 19.8 Å². The molecule has 0 unspecified atom stereocenters. The van der Waals surface area contributed by atoms with Gasteiger partial charge in [0.25, 0.3) is 0 Å². The third kappa shape index (κ3) is 8.30. The van der Waals surface area contributed by atoms with Gasteiger partial charge in [-0.15, -0.1) is 0 Å². The van der Waals surface area contributed by atoms with Crippen molar-refractivity contribution in [2.24, 2.45) is 28.1 Å². The van der Waals surface area contributed by atoms with E-state index in [1.165, 1.54) is 6.92 Å². The maximum Gasteiger partial charge on any atom is 0.314 e. The van der Waals surface area contributed by atoms with E-state index in [4.69, 9.17) is 37.9 Å². The van der Waals surface area contributed by atoms with Gasteiger partial charge in [-0.25, -0.2) is 0 Å². The summed E-state index contributed by atoms with van der Waals surface area (Å²) in [5, 5.41) is 137. The first kappa shape index (κ1) is 50.8. The second-order valence-corrected chi connectivity index (χ2v) is 20.8. The lowest BCUT2D eigenvalue weighted by Gasteiger charge is -2.64. The van der Waals surface area contributed by atoms with Crippen LogP contribution < -0.4 is 0 Å². The van der Waals surface area contributed by atoms with E-state index in [0.29, 0.717) is 51.4 Å². The quantitative estimate of drug-likeness (QED) is 0.0532. The summed E-state index contributed by atoms with van der Waals surface area (Å²) in [5.74, 6) is -0.750. The number of ether oxygens (including phenoxy) is 8. The Hall–Kier alpha value is -1.59. The van der Waals surface area contributed by atoms with E-state index >= 15 is 0 Å². The molecule has 22 heteroatoms. The molecule has 2 bridgehead atoms. The molecule has 0 radical (unpaired) electrons. The summed E-state index contributed by atoms with van der Waals surface area (Å²) >= 11 is 0. The molecule has 0 aromatic carbocycles. The number of rotatable bonds is 11. The van der Waals surface area contributed by atoms with Gasteiger partial charge in [-0.3, -0.25) is 4.79 Å². The molecule has 4 aliphatic heterocycles. The summed E-state index contributed by atoms with van der Waals surface area (Å²) in [7, 11) is 0. The van der Waals surface area contributed by atoms with E-state index < -0.39 is 165 Å². The number of carbonyl (C=O) groups excluding carboxylic acids is 1. The monoisotopic (exact) mass is 950 g/mol. The minimum absolute atomic E-state index is 0.0493. The Morgan fingerprint density at radius 3 is 1.74 bits per heavy atom. The van der Waals surface area contributed by atoms with E-state index in [-0.39, 0.29) is 17.3 Å². The first-order valence-electron chi connectivity index (χ1n) is 23.2. The maximum atomic E-state index is 14.3. The minimum atomic E-state index is -1.92. The van der Waals surface area contributed by atoms with Crippen LogP contribution in [0.15, 0.2) is 12.2 Å². The van der Waals surface area contributed by atoms with Crippen LogP contribution in [0.4, 0.5) is 0 Å². The van der Waals surface area contributed by atoms with Crippen LogP contribution in [0.1, 0.15) is 78.6 Å². The van der Waals surface area contributed by atoms with Crippen LogP contribution in [0, 0.1) is 28.1 Å². The van der Waals surface area contributed by atoms with Crippen LogP contribution >= 0.6 is 0 Å². The summed E-state index contributed by atoms with van der Waals surface area (Å²) in [6, 6.07) is 0. The third-order valence-electron chi connectivity index (χ3n) is 17.0. The standard InChI is InChI=1S/C44H70O22/c1-17-12-43-10-6-22-41(3,8-5-9-42(22,4)40(58)65-38-33(57)30(54)26(50)20(14-46)61-38)23(43)7-11-44(17,16-43)66-39-35(64-36-31(55)28(52)24(48)18(2)59-36)34(27(51)21(15-47)62-39)63-37-32(56)29(53)25(49)19(13-45)60-37/h18-39,45-57H,1,5-16H2,2-4H3/t18-,19+,20+,21+,22-,23+,24-,25+,26+,27+,28+,29-,30-,31+,32+,33+,34-,35+,36+,37-,38-,39-,41+,42+,43+,44-/m0/s1. The smallest absolute Gasteiger partial charge is 0.314 e. The van der Waals surface area contributed by atoms with E-state index in [9.17, 15) is 71.2 Å². The molecular weight excluding hydrogens is 880 g/mol. The van der Waals surface area contributed by atoms with Gasteiger partial charge in [0.05, 0.1) is 36.9 Å². The fraction of sp³-hybridized carbons (Fsp3) is 0.932. The predicted octanol–water partition coefficient (Wildman–Crippen LogP) is -4.09. The Morgan fingerprint density at radius 1 is 0.606 bits per heavy atom. The van der Waals surface area contributed by atoms with E-state index in [1.807, 2.05) is 6.92 Å². The van der Waals surface area contributed by atoms with Gasteiger partial charge in [-0.1, -0.05) is 19.9 Å². The molecule has 1 spiro atoms. The molecule has 22 nitrogen and oxygen atoms in total. The van der Waals surface area contributed by atoms with Crippen molar-refractivity contribution < 1.29 is 109 Å². The zero-order chi connectivity index (χ0) is 48.0. The average Bonchev–Trinajstić information content (AvgIpc) is 3.48. The summed E-state index contributed by atoms with van der Waals surface area (Å²) in [5.41, 5.74) is -2.19. The van der Waals surface area contributed by atoms with Crippen molar-refractivity contribution in [3.63, 3.8) is 0 Å². The third-order valence-corrected chi connectivity index (χ3v) is 17.0. The van der Waals surface area contributed by atoms with E-state index in [0.717, 1.165) is 12.0 Å². The molecule has 4 heterocycles. The molecule has 8 fully saturated rings. The molecule has 8 aliphatic rings. The summed E-state index contributed by atoms with van der Waals surface area (Å²) < 4.78 is 48.4. The zero-order valence-corrected chi connectivity index (χ0v) is 37.4. The molecule has 13 N–H and O–H groups in total. The van der Waals surface area contributed by atoms with Crippen molar-refractivity contribution >= 4 is 5.97 Å². The van der Waals surface area contributed by atoms with Crippen LogP contribution in [-0.2, 0) is 42.7 Å². The SMILES string of the molecule is C=C1C[C@@]23CC[C@H]4[C@@](C)(CCC[C@@]4(C)C(=O)O[C@@H]4O[C@H](CO)[C@@H](O)[C@H](O)[C@H]4O)[C@H]2CC[C@]1(O[C@@H]1O[C@H](CO)[C@@H](O)[C@H](O[C@@H]2O[C@H](CO)[C@@H](O)[C@H](O)[C@H]2O)[C@H]1O[C@H]1O[C@@H](C)[C@H](O)[C@@H](O)[C@H]1O)C3. The molecule has 4 saturated heterocycles. The second kappa shape index (κ2) is 18.9. The molecule has 66 heavy (non-hydrogen) atoms. The Kier molecular flexibility index (Phi) is 14.5. The highest BCUT2D eigenvalue weighted by Gasteiger charge is 2.70. The first-order chi connectivity index (χ1) is 31.1. The van der Waals surface area contributed by atoms with Crippen LogP contribution in [0.5, 0.6) is 0 Å². The highest BCUT2D eigenvalue weighted by atomic mass is 16.8. The molecule has 26 atom stereocenters. The lowest BCUT2D eigenvalue weighted by atomic mass is 9.41. The summed E-state index contributed by atoms with van der Waals surface area (Å²) in [6.07, 6.45) is -27.4. The minimum Gasteiger partial charge on any atom is -0.432 e. The van der Waals surface area contributed by atoms with Gasteiger partial charge >= 0.3 is 5.97 Å². The van der Waals surface area contributed by atoms with Gasteiger partial charge in [-0.2, -0.15) is 0 Å². The Bertz CT molecular complexity index is 1740. The van der Waals surface area contributed by atoms with Crippen LogP contribution in [0.25, 0.3) is 0 Å². The molecule has 0 amide bonds. The van der Waals surface area contributed by atoms with Gasteiger partial charge in [-0.05, 0) is 93.5 Å². The number of aliphatic hydroxyl groups excluding tert-OH is 13. The van der Waals surface area contributed by atoms with Crippen molar-refractivity contribution in [3.05, 3.63) is 12.2 Å². The van der Waals surface area contributed by atoms with Gasteiger partial charge in [0.2, 0.25) is 6.29 Å². The number of carbonyl (C=O) groups is 1. The molecule has 0 aromatic heterocycles. The van der Waals surface area contributed by atoms with E-state index in [1.54, 1.807) is 0 Å². The fourth-order valence-electron chi connectivity index (χ4n) is 13.4. The number of aliphatic hydroxyl groups is 13. The number of hydrogen-bond acceptors (Lipinski definition) is 22. The maximum absolute atomic E-state index is 14.3. The predicted molar refractivity (Wildman–Crippen MR) is 218 cm³/mol. The average molecular weight is 951 g/mol. The van der Waals surface area contributed by atoms with Gasteiger partial charge in [0.1, 0.15) is 91.6 Å². The highest BCUT2D eigenvalue weighted by molar-refractivity contribution is 5.77. The topological polar surface area (TPSA) is 354 Å². The van der Waals surface area contributed by atoms with Gasteiger partial charge < -0.3 is 104 Å². The van der Waals surface area contributed by atoms with Crippen molar-refractivity contribution in [1.82, 2.24) is 0 Å². The largest absolute Gasteiger partial charge is 0.432 e. The van der Waals surface area contributed by atoms with Crippen LogP contribution in [-0.4, -0.2) is 221 Å². The molecule has 4 aliphatic carbocycles. The molecular formula is C44H70O22. The highest BCUT2D eigenvalue weighted by Crippen LogP contribution is 2.73. The lowest BCUT2D eigenvalue weighted by Crippen LogP contribution is -2.67. The number of fused-ring (bicyclic) bond motifs is 3. The second-order valence-electron chi connectivity index (χ2n) is 20.8. The Balaban J connectivity index is 1.06. The molecule has 8 rings (SSSR count). The van der Waals surface area contributed by atoms with Crippen LogP contribution in [0.2, 0.25) is 0 Å². The Morgan fingerprint density at radius 2 is 1.12 bits per heavy atom. The molecule has 0 aromatic rings. The molecule has 4 saturated carbocycles.